The second kappa shape index (κ2) is 5.51. The highest BCUT2D eigenvalue weighted by Crippen LogP contribution is 2.20. The standard InChI is InChI=1S/C15H17NO/c1-12(17)11-16-15-9-7-14(8-10-15)13-5-3-2-4-6-13/h2-10,12,16-17H,11H2,1H3/t12-/m0/s1. The number of aliphatic hydroxyl groups is 1. The Hall–Kier alpha value is -1.80. The van der Waals surface area contributed by atoms with E-state index in [4.69, 9.17) is 0 Å². The van der Waals surface area contributed by atoms with E-state index < -0.39 is 0 Å². The van der Waals surface area contributed by atoms with Crippen LogP contribution < -0.4 is 5.32 Å². The molecule has 2 aromatic rings. The van der Waals surface area contributed by atoms with Crippen LogP contribution in [0.5, 0.6) is 0 Å². The van der Waals surface area contributed by atoms with Gasteiger partial charge in [0.1, 0.15) is 0 Å². The lowest BCUT2D eigenvalue weighted by molar-refractivity contribution is 0.208. The van der Waals surface area contributed by atoms with Gasteiger partial charge in [0.05, 0.1) is 6.10 Å². The first-order chi connectivity index (χ1) is 8.25. The van der Waals surface area contributed by atoms with E-state index in [2.05, 4.69) is 29.6 Å². The summed E-state index contributed by atoms with van der Waals surface area (Å²) in [5, 5.41) is 12.4. The molecule has 0 unspecified atom stereocenters. The van der Waals surface area contributed by atoms with E-state index in [1.54, 1.807) is 6.92 Å². The topological polar surface area (TPSA) is 32.3 Å². The molecular weight excluding hydrogens is 210 g/mol. The van der Waals surface area contributed by atoms with Crippen molar-refractivity contribution in [3.63, 3.8) is 0 Å². The predicted molar refractivity (Wildman–Crippen MR) is 72.0 cm³/mol. The molecule has 0 saturated heterocycles. The first-order valence-electron chi connectivity index (χ1n) is 5.83. The van der Waals surface area contributed by atoms with Crippen LogP contribution in [0.1, 0.15) is 6.92 Å². The lowest BCUT2D eigenvalue weighted by Crippen LogP contribution is -2.15. The summed E-state index contributed by atoms with van der Waals surface area (Å²) in [6.45, 7) is 2.34. The molecule has 0 aliphatic carbocycles. The molecule has 0 radical (unpaired) electrons. The number of rotatable bonds is 4. The third kappa shape index (κ3) is 3.33. The monoisotopic (exact) mass is 227 g/mol. The molecule has 0 saturated carbocycles. The Balaban J connectivity index is 2.08. The van der Waals surface area contributed by atoms with Gasteiger partial charge in [0.25, 0.3) is 0 Å². The molecule has 0 aromatic heterocycles. The Bertz CT molecular complexity index is 448. The number of hydrogen-bond donors (Lipinski definition) is 2. The molecule has 0 bridgehead atoms. The van der Waals surface area contributed by atoms with Gasteiger partial charge >= 0.3 is 0 Å². The number of anilines is 1. The summed E-state index contributed by atoms with van der Waals surface area (Å²) >= 11 is 0. The summed E-state index contributed by atoms with van der Waals surface area (Å²) in [6, 6.07) is 18.5. The average molecular weight is 227 g/mol. The highest BCUT2D eigenvalue weighted by atomic mass is 16.3. The average Bonchev–Trinajstić information content (AvgIpc) is 2.38. The minimum atomic E-state index is -0.330. The maximum Gasteiger partial charge on any atom is 0.0684 e. The minimum absolute atomic E-state index is 0.330. The largest absolute Gasteiger partial charge is 0.392 e. The fourth-order valence-corrected chi connectivity index (χ4v) is 1.68. The molecule has 0 amide bonds. The van der Waals surface area contributed by atoms with Crippen molar-refractivity contribution in [1.29, 1.82) is 0 Å². The molecule has 2 rings (SSSR count). The van der Waals surface area contributed by atoms with Crippen molar-refractivity contribution in [2.75, 3.05) is 11.9 Å². The van der Waals surface area contributed by atoms with Gasteiger partial charge in [-0.15, -0.1) is 0 Å². The van der Waals surface area contributed by atoms with Crippen LogP contribution in [0.2, 0.25) is 0 Å². The molecular formula is C15H17NO. The molecule has 2 nitrogen and oxygen atoms in total. The van der Waals surface area contributed by atoms with Crippen LogP contribution in [0.4, 0.5) is 5.69 Å². The van der Waals surface area contributed by atoms with Crippen LogP contribution in [0.25, 0.3) is 11.1 Å². The zero-order valence-corrected chi connectivity index (χ0v) is 9.93. The van der Waals surface area contributed by atoms with Crippen LogP contribution in [0, 0.1) is 0 Å². The van der Waals surface area contributed by atoms with Gasteiger partial charge in [0.15, 0.2) is 0 Å². The van der Waals surface area contributed by atoms with Crippen molar-refractivity contribution < 1.29 is 5.11 Å². The van der Waals surface area contributed by atoms with Gasteiger partial charge in [0, 0.05) is 12.2 Å². The van der Waals surface area contributed by atoms with Crippen molar-refractivity contribution >= 4 is 5.69 Å². The zero-order valence-electron chi connectivity index (χ0n) is 9.93. The van der Waals surface area contributed by atoms with Gasteiger partial charge < -0.3 is 10.4 Å². The first kappa shape index (κ1) is 11.7. The van der Waals surface area contributed by atoms with Crippen LogP contribution in [0.3, 0.4) is 0 Å². The Kier molecular flexibility index (Phi) is 3.78. The molecule has 0 heterocycles. The summed E-state index contributed by atoms with van der Waals surface area (Å²) in [5.74, 6) is 0. The molecule has 88 valence electrons. The third-order valence-electron chi connectivity index (χ3n) is 2.59. The van der Waals surface area contributed by atoms with Crippen molar-refractivity contribution in [3.05, 3.63) is 54.6 Å². The summed E-state index contributed by atoms with van der Waals surface area (Å²) < 4.78 is 0. The number of hydrogen-bond acceptors (Lipinski definition) is 2. The maximum absolute atomic E-state index is 9.18. The highest BCUT2D eigenvalue weighted by Gasteiger charge is 1.98. The summed E-state index contributed by atoms with van der Waals surface area (Å²) in [4.78, 5) is 0. The number of aliphatic hydroxyl groups excluding tert-OH is 1. The fourth-order valence-electron chi connectivity index (χ4n) is 1.68. The summed E-state index contributed by atoms with van der Waals surface area (Å²) in [7, 11) is 0. The Morgan fingerprint density at radius 1 is 0.941 bits per heavy atom. The van der Waals surface area contributed by atoms with E-state index in [0.717, 1.165) is 5.69 Å². The van der Waals surface area contributed by atoms with Crippen molar-refractivity contribution in [2.24, 2.45) is 0 Å². The molecule has 2 N–H and O–H groups in total. The van der Waals surface area contributed by atoms with Crippen LogP contribution in [-0.4, -0.2) is 17.8 Å². The van der Waals surface area contributed by atoms with Gasteiger partial charge in [-0.05, 0) is 30.2 Å². The van der Waals surface area contributed by atoms with Crippen LogP contribution in [0.15, 0.2) is 54.6 Å². The quantitative estimate of drug-likeness (QED) is 0.841. The molecule has 0 fully saturated rings. The van der Waals surface area contributed by atoms with Crippen molar-refractivity contribution in [3.8, 4) is 11.1 Å². The van der Waals surface area contributed by atoms with Gasteiger partial charge in [-0.2, -0.15) is 0 Å². The normalized spacial score (nSPS) is 12.1. The molecule has 1 atom stereocenters. The van der Waals surface area contributed by atoms with Crippen molar-refractivity contribution in [2.45, 2.75) is 13.0 Å². The lowest BCUT2D eigenvalue weighted by atomic mass is 10.1. The smallest absolute Gasteiger partial charge is 0.0684 e. The van der Waals surface area contributed by atoms with E-state index in [-0.39, 0.29) is 6.10 Å². The summed E-state index contributed by atoms with van der Waals surface area (Å²) in [6.07, 6.45) is -0.330. The first-order valence-corrected chi connectivity index (χ1v) is 5.83. The molecule has 17 heavy (non-hydrogen) atoms. The van der Waals surface area contributed by atoms with E-state index in [9.17, 15) is 5.11 Å². The van der Waals surface area contributed by atoms with Gasteiger partial charge in [-0.3, -0.25) is 0 Å². The molecule has 0 spiro atoms. The Morgan fingerprint density at radius 3 is 2.12 bits per heavy atom. The van der Waals surface area contributed by atoms with Crippen LogP contribution in [-0.2, 0) is 0 Å². The fraction of sp³-hybridized carbons (Fsp3) is 0.200. The second-order valence-corrected chi connectivity index (χ2v) is 4.17. The zero-order chi connectivity index (χ0) is 12.1. The Morgan fingerprint density at radius 2 is 1.53 bits per heavy atom. The van der Waals surface area contributed by atoms with Gasteiger partial charge in [-0.1, -0.05) is 42.5 Å². The van der Waals surface area contributed by atoms with E-state index in [0.29, 0.717) is 6.54 Å². The molecule has 0 aliphatic rings. The van der Waals surface area contributed by atoms with E-state index in [1.807, 2.05) is 30.3 Å². The minimum Gasteiger partial charge on any atom is -0.392 e. The van der Waals surface area contributed by atoms with E-state index >= 15 is 0 Å². The second-order valence-electron chi connectivity index (χ2n) is 4.17. The van der Waals surface area contributed by atoms with E-state index in [1.165, 1.54) is 11.1 Å². The molecule has 2 aromatic carbocycles. The summed E-state index contributed by atoms with van der Waals surface area (Å²) in [5.41, 5.74) is 3.45. The lowest BCUT2D eigenvalue weighted by Gasteiger charge is -2.09. The predicted octanol–water partition coefficient (Wildman–Crippen LogP) is 3.15. The number of benzene rings is 2. The Labute approximate surface area is 102 Å². The molecule has 0 aliphatic heterocycles. The van der Waals surface area contributed by atoms with Crippen LogP contribution >= 0.6 is 0 Å². The SMILES string of the molecule is C[C@H](O)CNc1ccc(-c2ccccc2)cc1. The highest BCUT2D eigenvalue weighted by molar-refractivity contribution is 5.65. The third-order valence-corrected chi connectivity index (χ3v) is 2.59. The van der Waals surface area contributed by atoms with Gasteiger partial charge in [-0.25, -0.2) is 0 Å². The maximum atomic E-state index is 9.18. The van der Waals surface area contributed by atoms with Gasteiger partial charge in [0.2, 0.25) is 0 Å². The number of nitrogens with one attached hydrogen (secondary N) is 1. The molecule has 2 heteroatoms. The van der Waals surface area contributed by atoms with Crippen molar-refractivity contribution in [1.82, 2.24) is 0 Å².